The number of hydrogen-bond acceptors (Lipinski definition) is 3. The smallest absolute Gasteiger partial charge is 0.0616 e. The number of hydrogen-bond donors (Lipinski definition) is 1. The Hall–Kier alpha value is -0.120. The molecule has 18 heavy (non-hydrogen) atoms. The van der Waals surface area contributed by atoms with Crippen LogP contribution in [0.2, 0.25) is 0 Å². The predicted octanol–water partition coefficient (Wildman–Crippen LogP) is 2.64. The lowest BCUT2D eigenvalue weighted by molar-refractivity contribution is -0.0876. The van der Waals surface area contributed by atoms with Crippen LogP contribution in [0.3, 0.4) is 0 Å². The van der Waals surface area contributed by atoms with Crippen molar-refractivity contribution in [3.8, 4) is 0 Å². The van der Waals surface area contributed by atoms with Crippen LogP contribution in [0.5, 0.6) is 0 Å². The van der Waals surface area contributed by atoms with Gasteiger partial charge >= 0.3 is 0 Å². The highest BCUT2D eigenvalue weighted by atomic mass is 16.5. The molecule has 1 saturated heterocycles. The Bertz CT molecular complexity index is 227. The largest absolute Gasteiger partial charge is 0.378 e. The van der Waals surface area contributed by atoms with Gasteiger partial charge < -0.3 is 10.5 Å². The summed E-state index contributed by atoms with van der Waals surface area (Å²) in [4.78, 5) is 2.63. The SMILES string of the molecule is CCCN(CCC)C1(CN)CCOC(C(C)C)C1. The van der Waals surface area contributed by atoms with E-state index >= 15 is 0 Å². The summed E-state index contributed by atoms with van der Waals surface area (Å²) in [6.07, 6.45) is 4.97. The molecule has 0 saturated carbocycles. The molecule has 108 valence electrons. The lowest BCUT2D eigenvalue weighted by Crippen LogP contribution is -2.59. The molecule has 2 unspecified atom stereocenters. The molecule has 3 heteroatoms. The monoisotopic (exact) mass is 256 g/mol. The van der Waals surface area contributed by atoms with Gasteiger partial charge in [0.15, 0.2) is 0 Å². The van der Waals surface area contributed by atoms with Gasteiger partial charge in [-0.1, -0.05) is 27.7 Å². The first-order chi connectivity index (χ1) is 8.59. The Morgan fingerprint density at radius 3 is 2.33 bits per heavy atom. The number of nitrogens with zero attached hydrogens (tertiary/aromatic N) is 1. The van der Waals surface area contributed by atoms with E-state index in [0.717, 1.165) is 39.1 Å². The molecule has 2 atom stereocenters. The zero-order chi connectivity index (χ0) is 13.6. The third-order valence-electron chi connectivity index (χ3n) is 4.26. The van der Waals surface area contributed by atoms with Gasteiger partial charge in [0.1, 0.15) is 0 Å². The van der Waals surface area contributed by atoms with Crippen LogP contribution in [-0.2, 0) is 4.74 Å². The molecule has 3 nitrogen and oxygen atoms in total. The van der Waals surface area contributed by atoms with E-state index in [1.54, 1.807) is 0 Å². The summed E-state index contributed by atoms with van der Waals surface area (Å²) in [5.41, 5.74) is 6.34. The molecule has 0 spiro atoms. The molecule has 1 heterocycles. The van der Waals surface area contributed by atoms with Crippen molar-refractivity contribution in [2.75, 3.05) is 26.2 Å². The molecule has 0 amide bonds. The predicted molar refractivity (Wildman–Crippen MR) is 77.8 cm³/mol. The summed E-state index contributed by atoms with van der Waals surface area (Å²) in [6.45, 7) is 13.0. The second-order valence-corrected chi connectivity index (χ2v) is 6.02. The maximum absolute atomic E-state index is 6.16. The van der Waals surface area contributed by atoms with E-state index < -0.39 is 0 Å². The van der Waals surface area contributed by atoms with Crippen molar-refractivity contribution >= 4 is 0 Å². The molecule has 0 aromatic rings. The second-order valence-electron chi connectivity index (χ2n) is 6.02. The Labute approximate surface area is 113 Å². The van der Waals surface area contributed by atoms with Gasteiger partial charge in [-0.3, -0.25) is 4.90 Å². The fraction of sp³-hybridized carbons (Fsp3) is 1.00. The van der Waals surface area contributed by atoms with Crippen molar-refractivity contribution in [3.63, 3.8) is 0 Å². The minimum absolute atomic E-state index is 0.180. The maximum atomic E-state index is 6.16. The van der Waals surface area contributed by atoms with Gasteiger partial charge in [-0.2, -0.15) is 0 Å². The molecule has 1 aliphatic heterocycles. The summed E-state index contributed by atoms with van der Waals surface area (Å²) in [7, 11) is 0. The number of nitrogens with two attached hydrogens (primary N) is 1. The van der Waals surface area contributed by atoms with E-state index in [0.29, 0.717) is 12.0 Å². The number of ether oxygens (including phenoxy) is 1. The molecule has 1 fully saturated rings. The summed E-state index contributed by atoms with van der Waals surface area (Å²) in [6, 6.07) is 0. The van der Waals surface area contributed by atoms with Crippen LogP contribution in [0, 0.1) is 5.92 Å². The third kappa shape index (κ3) is 3.69. The fourth-order valence-corrected chi connectivity index (χ4v) is 3.09. The van der Waals surface area contributed by atoms with E-state index in [-0.39, 0.29) is 5.54 Å². The molecule has 0 aromatic carbocycles. The molecule has 0 aromatic heterocycles. The van der Waals surface area contributed by atoms with Crippen LogP contribution in [0.25, 0.3) is 0 Å². The van der Waals surface area contributed by atoms with Gasteiger partial charge in [0.2, 0.25) is 0 Å². The Kier molecular flexibility index (Phi) is 6.61. The van der Waals surface area contributed by atoms with E-state index in [2.05, 4.69) is 32.6 Å². The van der Waals surface area contributed by atoms with Crippen molar-refractivity contribution < 1.29 is 4.74 Å². The van der Waals surface area contributed by atoms with E-state index in [9.17, 15) is 0 Å². The minimum Gasteiger partial charge on any atom is -0.378 e. The molecule has 2 N–H and O–H groups in total. The van der Waals surface area contributed by atoms with Gasteiger partial charge in [0, 0.05) is 18.7 Å². The summed E-state index contributed by atoms with van der Waals surface area (Å²) in [5, 5.41) is 0. The topological polar surface area (TPSA) is 38.5 Å². The lowest BCUT2D eigenvalue weighted by atomic mass is 9.81. The molecule has 1 aliphatic rings. The highest BCUT2D eigenvalue weighted by Gasteiger charge is 2.40. The molecular formula is C15H32N2O. The first kappa shape index (κ1) is 15.9. The van der Waals surface area contributed by atoms with Gasteiger partial charge in [0.05, 0.1) is 6.10 Å². The zero-order valence-corrected chi connectivity index (χ0v) is 12.7. The van der Waals surface area contributed by atoms with Crippen LogP contribution in [0.4, 0.5) is 0 Å². The first-order valence-corrected chi connectivity index (χ1v) is 7.66. The van der Waals surface area contributed by atoms with Crippen LogP contribution >= 0.6 is 0 Å². The third-order valence-corrected chi connectivity index (χ3v) is 4.26. The van der Waals surface area contributed by atoms with E-state index in [1.807, 2.05) is 0 Å². The second kappa shape index (κ2) is 7.46. The summed E-state index contributed by atoms with van der Waals surface area (Å²) >= 11 is 0. The maximum Gasteiger partial charge on any atom is 0.0616 e. The van der Waals surface area contributed by atoms with Crippen LogP contribution in [0.1, 0.15) is 53.4 Å². The van der Waals surface area contributed by atoms with Crippen molar-refractivity contribution in [1.29, 1.82) is 0 Å². The fourth-order valence-electron chi connectivity index (χ4n) is 3.09. The molecular weight excluding hydrogens is 224 g/mol. The highest BCUT2D eigenvalue weighted by molar-refractivity contribution is 4.96. The quantitative estimate of drug-likeness (QED) is 0.761. The zero-order valence-electron chi connectivity index (χ0n) is 12.7. The Morgan fingerprint density at radius 1 is 1.28 bits per heavy atom. The van der Waals surface area contributed by atoms with Gasteiger partial charge in [-0.15, -0.1) is 0 Å². The van der Waals surface area contributed by atoms with Crippen molar-refractivity contribution in [3.05, 3.63) is 0 Å². The van der Waals surface area contributed by atoms with E-state index in [4.69, 9.17) is 10.5 Å². The Balaban J connectivity index is 2.80. The van der Waals surface area contributed by atoms with Gasteiger partial charge in [-0.25, -0.2) is 0 Å². The molecule has 0 aliphatic carbocycles. The average Bonchev–Trinajstić information content (AvgIpc) is 2.38. The van der Waals surface area contributed by atoms with Crippen molar-refractivity contribution in [2.45, 2.75) is 65.0 Å². The van der Waals surface area contributed by atoms with Crippen LogP contribution in [0.15, 0.2) is 0 Å². The Morgan fingerprint density at radius 2 is 1.89 bits per heavy atom. The van der Waals surface area contributed by atoms with E-state index in [1.165, 1.54) is 12.8 Å². The van der Waals surface area contributed by atoms with Gasteiger partial charge in [-0.05, 0) is 44.7 Å². The van der Waals surface area contributed by atoms with Crippen molar-refractivity contribution in [2.24, 2.45) is 11.7 Å². The first-order valence-electron chi connectivity index (χ1n) is 7.66. The van der Waals surface area contributed by atoms with Crippen molar-refractivity contribution in [1.82, 2.24) is 4.90 Å². The summed E-state index contributed by atoms with van der Waals surface area (Å²) < 4.78 is 5.92. The standard InChI is InChI=1S/C15H32N2O/c1-5-8-17(9-6-2)15(12-16)7-10-18-14(11-15)13(3)4/h13-14H,5-12,16H2,1-4H3. The molecule has 0 bridgehead atoms. The van der Waals surface area contributed by atoms with Gasteiger partial charge in [0.25, 0.3) is 0 Å². The normalized spacial score (nSPS) is 29.2. The summed E-state index contributed by atoms with van der Waals surface area (Å²) in [5.74, 6) is 0.585. The minimum atomic E-state index is 0.180. The highest BCUT2D eigenvalue weighted by Crippen LogP contribution is 2.33. The van der Waals surface area contributed by atoms with Crippen LogP contribution < -0.4 is 5.73 Å². The van der Waals surface area contributed by atoms with Crippen LogP contribution in [-0.4, -0.2) is 42.8 Å². The lowest BCUT2D eigenvalue weighted by Gasteiger charge is -2.49. The molecule has 0 radical (unpaired) electrons. The average molecular weight is 256 g/mol. The number of rotatable bonds is 7. The molecule has 1 rings (SSSR count).